The first-order valence-electron chi connectivity index (χ1n) is 3.90. The Kier molecular flexibility index (Phi) is 3.09. The largest absolute Gasteiger partial charge is 0.508 e. The molecule has 3 heteroatoms. The van der Waals surface area contributed by atoms with Gasteiger partial charge < -0.3 is 10.4 Å². The summed E-state index contributed by atoms with van der Waals surface area (Å²) in [7, 11) is 0. The lowest BCUT2D eigenvalue weighted by atomic mass is 10.2. The molecular weight excluding hydrogens is 166 g/mol. The molecule has 0 fully saturated rings. The van der Waals surface area contributed by atoms with Gasteiger partial charge >= 0.3 is 0 Å². The van der Waals surface area contributed by atoms with Crippen LogP contribution in [0, 0.1) is 0 Å². The van der Waals surface area contributed by atoms with Gasteiger partial charge in [0.1, 0.15) is 5.75 Å². The molecule has 0 heterocycles. The van der Waals surface area contributed by atoms with Crippen LogP contribution in [0.4, 0.5) is 0 Å². The molecule has 0 unspecified atom stereocenters. The molecule has 68 valence electrons. The highest BCUT2D eigenvalue weighted by Gasteiger charge is 1.96. The smallest absolute Gasteiger partial charge is 0.243 e. The molecule has 0 radical (unpaired) electrons. The van der Waals surface area contributed by atoms with Gasteiger partial charge in [-0.25, -0.2) is 0 Å². The van der Waals surface area contributed by atoms with Crippen molar-refractivity contribution in [2.24, 2.45) is 0 Å². The molecule has 0 bridgehead atoms. The van der Waals surface area contributed by atoms with E-state index in [-0.39, 0.29) is 11.7 Å². The Balaban J connectivity index is 2.54. The number of carbonyl (C=O) groups is 1. The molecule has 1 rings (SSSR count). The maximum absolute atomic E-state index is 10.8. The minimum Gasteiger partial charge on any atom is -0.508 e. The van der Waals surface area contributed by atoms with Crippen LogP contribution in [0.15, 0.2) is 36.9 Å². The van der Waals surface area contributed by atoms with Crippen LogP contribution in [-0.4, -0.2) is 11.0 Å². The van der Waals surface area contributed by atoms with E-state index < -0.39 is 0 Å². The molecule has 0 saturated heterocycles. The quantitative estimate of drug-likeness (QED) is 0.681. The zero-order chi connectivity index (χ0) is 9.68. The van der Waals surface area contributed by atoms with E-state index >= 15 is 0 Å². The molecule has 1 aromatic rings. The highest BCUT2D eigenvalue weighted by molar-refractivity contribution is 5.86. The third-order valence-electron chi connectivity index (χ3n) is 1.56. The van der Waals surface area contributed by atoms with Gasteiger partial charge in [-0.3, -0.25) is 4.79 Å². The standard InChI is InChI=1S/C10H11NO2/c1-2-10(13)11-7-8-4-3-5-9(12)6-8/h2-6,12H,1,7H2,(H,11,13). The van der Waals surface area contributed by atoms with Gasteiger partial charge in [0, 0.05) is 6.54 Å². The Morgan fingerprint density at radius 3 is 3.00 bits per heavy atom. The number of phenolic OH excluding ortho intramolecular Hbond substituents is 1. The zero-order valence-corrected chi connectivity index (χ0v) is 7.16. The van der Waals surface area contributed by atoms with E-state index in [1.807, 2.05) is 6.07 Å². The van der Waals surface area contributed by atoms with Crippen molar-refractivity contribution < 1.29 is 9.90 Å². The molecular formula is C10H11NO2. The molecule has 0 aromatic heterocycles. The second kappa shape index (κ2) is 4.30. The fraction of sp³-hybridized carbons (Fsp3) is 0.100. The Morgan fingerprint density at radius 2 is 2.38 bits per heavy atom. The molecule has 0 aliphatic carbocycles. The molecule has 0 aliphatic heterocycles. The number of rotatable bonds is 3. The van der Waals surface area contributed by atoms with Gasteiger partial charge in [0.15, 0.2) is 0 Å². The molecule has 0 saturated carbocycles. The fourth-order valence-electron chi connectivity index (χ4n) is 0.928. The van der Waals surface area contributed by atoms with Crippen molar-refractivity contribution in [1.29, 1.82) is 0 Å². The summed E-state index contributed by atoms with van der Waals surface area (Å²) in [6.07, 6.45) is 1.21. The number of carbonyl (C=O) groups excluding carboxylic acids is 1. The number of benzene rings is 1. The minimum atomic E-state index is -0.219. The Morgan fingerprint density at radius 1 is 1.62 bits per heavy atom. The van der Waals surface area contributed by atoms with Crippen molar-refractivity contribution in [3.63, 3.8) is 0 Å². The first kappa shape index (κ1) is 9.32. The van der Waals surface area contributed by atoms with E-state index in [4.69, 9.17) is 5.11 Å². The van der Waals surface area contributed by atoms with Gasteiger partial charge in [-0.2, -0.15) is 0 Å². The van der Waals surface area contributed by atoms with Crippen LogP contribution in [0.25, 0.3) is 0 Å². The Hall–Kier alpha value is -1.77. The molecule has 1 amide bonds. The molecule has 1 aromatic carbocycles. The number of aromatic hydroxyl groups is 1. The number of hydrogen-bond acceptors (Lipinski definition) is 2. The summed E-state index contributed by atoms with van der Waals surface area (Å²) in [6, 6.07) is 6.73. The van der Waals surface area contributed by atoms with Crippen LogP contribution in [0.2, 0.25) is 0 Å². The molecule has 0 spiro atoms. The number of amides is 1. The van der Waals surface area contributed by atoms with E-state index in [0.29, 0.717) is 6.54 Å². The molecule has 2 N–H and O–H groups in total. The monoisotopic (exact) mass is 177 g/mol. The van der Waals surface area contributed by atoms with Crippen LogP contribution >= 0.6 is 0 Å². The SMILES string of the molecule is C=CC(=O)NCc1cccc(O)c1. The van der Waals surface area contributed by atoms with Crippen molar-refractivity contribution in [1.82, 2.24) is 5.32 Å². The summed E-state index contributed by atoms with van der Waals surface area (Å²) >= 11 is 0. The Bertz CT molecular complexity index is 320. The van der Waals surface area contributed by atoms with Gasteiger partial charge in [0.25, 0.3) is 0 Å². The highest BCUT2D eigenvalue weighted by Crippen LogP contribution is 2.10. The van der Waals surface area contributed by atoms with Crippen LogP contribution in [0.3, 0.4) is 0 Å². The maximum Gasteiger partial charge on any atom is 0.243 e. The Labute approximate surface area is 76.7 Å². The van der Waals surface area contributed by atoms with E-state index in [2.05, 4.69) is 11.9 Å². The van der Waals surface area contributed by atoms with Crippen LogP contribution in [0.5, 0.6) is 5.75 Å². The summed E-state index contributed by atoms with van der Waals surface area (Å²) in [5, 5.41) is 11.7. The summed E-state index contributed by atoms with van der Waals surface area (Å²) in [6.45, 7) is 3.73. The maximum atomic E-state index is 10.8. The van der Waals surface area contributed by atoms with E-state index in [9.17, 15) is 4.79 Å². The van der Waals surface area contributed by atoms with Gasteiger partial charge in [-0.15, -0.1) is 0 Å². The third kappa shape index (κ3) is 2.99. The van der Waals surface area contributed by atoms with Crippen molar-refractivity contribution in [3.05, 3.63) is 42.5 Å². The summed E-state index contributed by atoms with van der Waals surface area (Å²) in [5.74, 6) is -0.0197. The number of hydrogen-bond donors (Lipinski definition) is 2. The first-order chi connectivity index (χ1) is 6.22. The van der Waals surface area contributed by atoms with Gasteiger partial charge in [-0.05, 0) is 23.8 Å². The zero-order valence-electron chi connectivity index (χ0n) is 7.16. The minimum absolute atomic E-state index is 0.199. The predicted molar refractivity (Wildman–Crippen MR) is 50.2 cm³/mol. The van der Waals surface area contributed by atoms with E-state index in [1.54, 1.807) is 18.2 Å². The van der Waals surface area contributed by atoms with Crippen molar-refractivity contribution in [3.8, 4) is 5.75 Å². The van der Waals surface area contributed by atoms with Crippen molar-refractivity contribution >= 4 is 5.91 Å². The lowest BCUT2D eigenvalue weighted by molar-refractivity contribution is -0.116. The van der Waals surface area contributed by atoms with Gasteiger partial charge in [0.05, 0.1) is 0 Å². The topological polar surface area (TPSA) is 49.3 Å². The van der Waals surface area contributed by atoms with Crippen LogP contribution < -0.4 is 5.32 Å². The second-order valence-corrected chi connectivity index (χ2v) is 2.59. The van der Waals surface area contributed by atoms with Crippen molar-refractivity contribution in [2.45, 2.75) is 6.54 Å². The molecule has 13 heavy (non-hydrogen) atoms. The normalized spacial score (nSPS) is 9.23. The fourth-order valence-corrected chi connectivity index (χ4v) is 0.928. The highest BCUT2D eigenvalue weighted by atomic mass is 16.3. The first-order valence-corrected chi connectivity index (χ1v) is 3.90. The number of phenols is 1. The molecule has 0 aliphatic rings. The average Bonchev–Trinajstić information content (AvgIpc) is 2.14. The molecule has 0 atom stereocenters. The van der Waals surface area contributed by atoms with Crippen LogP contribution in [-0.2, 0) is 11.3 Å². The summed E-state index contributed by atoms with van der Waals surface area (Å²) < 4.78 is 0. The van der Waals surface area contributed by atoms with Gasteiger partial charge in [-0.1, -0.05) is 18.7 Å². The summed E-state index contributed by atoms with van der Waals surface area (Å²) in [5.41, 5.74) is 0.857. The summed E-state index contributed by atoms with van der Waals surface area (Å²) in [4.78, 5) is 10.8. The predicted octanol–water partition coefficient (Wildman–Crippen LogP) is 1.19. The van der Waals surface area contributed by atoms with Gasteiger partial charge in [0.2, 0.25) is 5.91 Å². The number of nitrogens with one attached hydrogen (secondary N) is 1. The lowest BCUT2D eigenvalue weighted by Gasteiger charge is -2.02. The van der Waals surface area contributed by atoms with E-state index in [0.717, 1.165) is 5.56 Å². The average molecular weight is 177 g/mol. The van der Waals surface area contributed by atoms with Crippen molar-refractivity contribution in [2.75, 3.05) is 0 Å². The molecule has 3 nitrogen and oxygen atoms in total. The van der Waals surface area contributed by atoms with E-state index in [1.165, 1.54) is 6.08 Å². The lowest BCUT2D eigenvalue weighted by Crippen LogP contribution is -2.19. The third-order valence-corrected chi connectivity index (χ3v) is 1.56. The van der Waals surface area contributed by atoms with Crippen LogP contribution in [0.1, 0.15) is 5.56 Å². The second-order valence-electron chi connectivity index (χ2n) is 2.59.